The SMILES string of the molecule is N[C@@H](c1c(I)cccc1I)C(F)(F)F. The van der Waals surface area contributed by atoms with Gasteiger partial charge in [-0.2, -0.15) is 13.2 Å². The predicted octanol–water partition coefficient (Wildman–Crippen LogP) is 3.46. The lowest BCUT2D eigenvalue weighted by molar-refractivity contribution is -0.149. The average Bonchev–Trinajstić information content (AvgIpc) is 2.01. The van der Waals surface area contributed by atoms with Gasteiger partial charge in [0, 0.05) is 12.7 Å². The van der Waals surface area contributed by atoms with Gasteiger partial charge in [-0.05, 0) is 57.3 Å². The van der Waals surface area contributed by atoms with Crippen molar-refractivity contribution >= 4 is 45.2 Å². The van der Waals surface area contributed by atoms with E-state index in [0.717, 1.165) is 0 Å². The molecule has 14 heavy (non-hydrogen) atoms. The largest absolute Gasteiger partial charge is 0.407 e. The van der Waals surface area contributed by atoms with Gasteiger partial charge < -0.3 is 5.73 Å². The first-order chi connectivity index (χ1) is 6.34. The smallest absolute Gasteiger partial charge is 0.316 e. The maximum absolute atomic E-state index is 12.4. The van der Waals surface area contributed by atoms with E-state index >= 15 is 0 Å². The van der Waals surface area contributed by atoms with Gasteiger partial charge >= 0.3 is 6.18 Å². The molecule has 0 spiro atoms. The van der Waals surface area contributed by atoms with Gasteiger partial charge in [0.1, 0.15) is 6.04 Å². The van der Waals surface area contributed by atoms with Crippen molar-refractivity contribution in [1.82, 2.24) is 0 Å². The maximum Gasteiger partial charge on any atom is 0.407 e. The van der Waals surface area contributed by atoms with Gasteiger partial charge in [0.15, 0.2) is 0 Å². The van der Waals surface area contributed by atoms with Crippen LogP contribution in [0.25, 0.3) is 0 Å². The van der Waals surface area contributed by atoms with Crippen molar-refractivity contribution in [1.29, 1.82) is 0 Å². The number of rotatable bonds is 1. The van der Waals surface area contributed by atoms with E-state index in [1.807, 2.05) is 45.2 Å². The van der Waals surface area contributed by atoms with Gasteiger partial charge in [0.2, 0.25) is 0 Å². The maximum atomic E-state index is 12.4. The molecule has 0 aliphatic rings. The Hall–Kier alpha value is 0.430. The first-order valence-corrected chi connectivity index (χ1v) is 5.76. The first-order valence-electron chi connectivity index (χ1n) is 3.60. The van der Waals surface area contributed by atoms with Crippen molar-refractivity contribution in [3.63, 3.8) is 0 Å². The molecule has 1 aromatic rings. The minimum absolute atomic E-state index is 0.154. The topological polar surface area (TPSA) is 26.0 Å². The van der Waals surface area contributed by atoms with Crippen LogP contribution in [0.15, 0.2) is 18.2 Å². The number of hydrogen-bond acceptors (Lipinski definition) is 1. The van der Waals surface area contributed by atoms with Crippen LogP contribution < -0.4 is 5.73 Å². The standard InChI is InChI=1S/C8H6F3I2N/c9-8(10,11)7(14)6-4(12)2-1-3-5(6)13/h1-3,7H,14H2/t7-/m0/s1. The van der Waals surface area contributed by atoms with Gasteiger partial charge in [0.25, 0.3) is 0 Å². The molecule has 0 bridgehead atoms. The molecule has 1 nitrogen and oxygen atoms in total. The lowest BCUT2D eigenvalue weighted by Crippen LogP contribution is -2.29. The third-order valence-corrected chi connectivity index (χ3v) is 3.54. The highest BCUT2D eigenvalue weighted by atomic mass is 127. The second kappa shape index (κ2) is 4.52. The molecule has 1 aromatic carbocycles. The predicted molar refractivity (Wildman–Crippen MR) is 64.9 cm³/mol. The fraction of sp³-hybridized carbons (Fsp3) is 0.250. The van der Waals surface area contributed by atoms with E-state index in [0.29, 0.717) is 7.14 Å². The van der Waals surface area contributed by atoms with Gasteiger partial charge in [0.05, 0.1) is 0 Å². The molecular weight excluding hydrogens is 421 g/mol. The molecule has 0 fully saturated rings. The highest BCUT2D eigenvalue weighted by Crippen LogP contribution is 2.35. The van der Waals surface area contributed by atoms with Crippen molar-refractivity contribution in [2.45, 2.75) is 12.2 Å². The summed E-state index contributed by atoms with van der Waals surface area (Å²) in [5, 5.41) is 0. The molecule has 1 atom stereocenters. The fourth-order valence-corrected chi connectivity index (χ4v) is 3.15. The Kier molecular flexibility index (Phi) is 4.03. The molecule has 0 aliphatic heterocycles. The molecule has 0 radical (unpaired) electrons. The van der Waals surface area contributed by atoms with E-state index in [9.17, 15) is 13.2 Å². The molecule has 2 N–H and O–H groups in total. The summed E-state index contributed by atoms with van der Waals surface area (Å²) in [6, 6.07) is 3.03. The van der Waals surface area contributed by atoms with Crippen LogP contribution >= 0.6 is 45.2 Å². The van der Waals surface area contributed by atoms with Crippen molar-refractivity contribution < 1.29 is 13.2 Å². The molecule has 0 saturated heterocycles. The lowest BCUT2D eigenvalue weighted by Gasteiger charge is -2.18. The number of hydrogen-bond donors (Lipinski definition) is 1. The Morgan fingerprint density at radius 1 is 1.14 bits per heavy atom. The van der Waals surface area contributed by atoms with Crippen molar-refractivity contribution in [3.8, 4) is 0 Å². The van der Waals surface area contributed by atoms with E-state index in [-0.39, 0.29) is 5.56 Å². The summed E-state index contributed by atoms with van der Waals surface area (Å²) >= 11 is 3.71. The summed E-state index contributed by atoms with van der Waals surface area (Å²) in [6.07, 6.45) is -4.39. The van der Waals surface area contributed by atoms with Crippen LogP contribution in [0.4, 0.5) is 13.2 Å². The summed E-state index contributed by atoms with van der Waals surface area (Å²) in [5.74, 6) is 0. The first kappa shape index (κ1) is 12.5. The Bertz CT molecular complexity index is 318. The van der Waals surface area contributed by atoms with E-state index in [1.54, 1.807) is 18.2 Å². The van der Waals surface area contributed by atoms with Gasteiger partial charge in [-0.15, -0.1) is 0 Å². The van der Waals surface area contributed by atoms with Crippen molar-refractivity contribution in [2.24, 2.45) is 5.73 Å². The second-order valence-corrected chi connectivity index (χ2v) is 4.98. The van der Waals surface area contributed by atoms with Gasteiger partial charge in [-0.1, -0.05) is 6.07 Å². The van der Waals surface area contributed by atoms with Crippen LogP contribution in [0.5, 0.6) is 0 Å². The normalized spacial score (nSPS) is 14.1. The van der Waals surface area contributed by atoms with Gasteiger partial charge in [-0.3, -0.25) is 0 Å². The summed E-state index contributed by atoms with van der Waals surface area (Å²) in [5.41, 5.74) is 5.29. The van der Waals surface area contributed by atoms with Gasteiger partial charge in [-0.25, -0.2) is 0 Å². The van der Waals surface area contributed by atoms with Crippen LogP contribution in [-0.2, 0) is 0 Å². The molecular formula is C8H6F3I2N. The van der Waals surface area contributed by atoms with E-state index in [2.05, 4.69) is 0 Å². The quantitative estimate of drug-likeness (QED) is 0.684. The molecule has 0 unspecified atom stereocenters. The Morgan fingerprint density at radius 3 is 1.93 bits per heavy atom. The molecule has 6 heteroatoms. The summed E-state index contributed by atoms with van der Waals surface area (Å²) in [6.45, 7) is 0. The summed E-state index contributed by atoms with van der Waals surface area (Å²) in [4.78, 5) is 0. The molecule has 0 heterocycles. The van der Waals surface area contributed by atoms with E-state index in [1.165, 1.54) is 0 Å². The zero-order valence-corrected chi connectivity index (χ0v) is 11.1. The lowest BCUT2D eigenvalue weighted by atomic mass is 10.1. The van der Waals surface area contributed by atoms with Crippen molar-refractivity contribution in [3.05, 3.63) is 30.9 Å². The number of halogens is 5. The Labute approximate surface area is 107 Å². The molecule has 0 aromatic heterocycles. The Morgan fingerprint density at radius 2 is 1.57 bits per heavy atom. The molecule has 0 saturated carbocycles. The highest BCUT2D eigenvalue weighted by Gasteiger charge is 2.39. The molecule has 1 rings (SSSR count). The third-order valence-electron chi connectivity index (χ3n) is 1.66. The average molecular weight is 427 g/mol. The monoisotopic (exact) mass is 427 g/mol. The zero-order valence-electron chi connectivity index (χ0n) is 6.78. The zero-order chi connectivity index (χ0) is 10.9. The minimum atomic E-state index is -4.39. The van der Waals surface area contributed by atoms with Crippen LogP contribution in [0, 0.1) is 7.14 Å². The van der Waals surface area contributed by atoms with Crippen LogP contribution in [0.2, 0.25) is 0 Å². The highest BCUT2D eigenvalue weighted by molar-refractivity contribution is 14.1. The summed E-state index contributed by atoms with van der Waals surface area (Å²) in [7, 11) is 0. The number of alkyl halides is 3. The Balaban J connectivity index is 3.19. The fourth-order valence-electron chi connectivity index (χ4n) is 0.971. The van der Waals surface area contributed by atoms with E-state index in [4.69, 9.17) is 5.73 Å². The number of benzene rings is 1. The van der Waals surface area contributed by atoms with Crippen LogP contribution in [-0.4, -0.2) is 6.18 Å². The van der Waals surface area contributed by atoms with Crippen molar-refractivity contribution in [2.75, 3.05) is 0 Å². The van der Waals surface area contributed by atoms with Crippen LogP contribution in [0.1, 0.15) is 11.6 Å². The molecule has 0 aliphatic carbocycles. The second-order valence-electron chi connectivity index (χ2n) is 2.65. The number of nitrogens with two attached hydrogens (primary N) is 1. The van der Waals surface area contributed by atoms with Crippen LogP contribution in [0.3, 0.4) is 0 Å². The summed E-state index contributed by atoms with van der Waals surface area (Å²) < 4.78 is 38.2. The molecule has 0 amide bonds. The third kappa shape index (κ3) is 2.72. The molecule has 78 valence electrons. The minimum Gasteiger partial charge on any atom is -0.316 e. The van der Waals surface area contributed by atoms with E-state index < -0.39 is 12.2 Å².